The SMILES string of the molecule is CCCCCCCCCCCCCCC(C)n1cc[n+](CCCCCCCCCC)c1CCC(Cc1ccccc1)c1ccccc1. The Morgan fingerprint density at radius 1 is 0.553 bits per heavy atom. The molecule has 2 aromatic carbocycles. The average Bonchev–Trinajstić information content (AvgIpc) is 3.51. The zero-order chi connectivity index (χ0) is 33.2. The van der Waals surface area contributed by atoms with Crippen LogP contribution in [0.15, 0.2) is 73.1 Å². The number of nitrogens with zero attached hydrogens (tertiary/aromatic N) is 2. The maximum Gasteiger partial charge on any atom is 0.256 e. The van der Waals surface area contributed by atoms with Crippen LogP contribution < -0.4 is 4.57 Å². The molecule has 0 fully saturated rings. The number of rotatable bonds is 29. The Balaban J connectivity index is 1.54. The first-order valence-electron chi connectivity index (χ1n) is 20.4. The third kappa shape index (κ3) is 16.5. The van der Waals surface area contributed by atoms with Crippen molar-refractivity contribution in [2.45, 2.75) is 193 Å². The molecule has 2 nitrogen and oxygen atoms in total. The Hall–Kier alpha value is -2.35. The van der Waals surface area contributed by atoms with E-state index in [1.165, 1.54) is 152 Å². The van der Waals surface area contributed by atoms with Gasteiger partial charge in [0.25, 0.3) is 5.82 Å². The van der Waals surface area contributed by atoms with Crippen LogP contribution in [-0.4, -0.2) is 4.57 Å². The number of benzene rings is 2. The lowest BCUT2D eigenvalue weighted by atomic mass is 9.88. The van der Waals surface area contributed by atoms with E-state index in [-0.39, 0.29) is 0 Å². The van der Waals surface area contributed by atoms with E-state index in [1.807, 2.05) is 0 Å². The molecule has 2 unspecified atom stereocenters. The van der Waals surface area contributed by atoms with Gasteiger partial charge in [-0.05, 0) is 62.5 Å². The maximum absolute atomic E-state index is 2.66. The van der Waals surface area contributed by atoms with Gasteiger partial charge in [0.2, 0.25) is 0 Å². The molecular formula is C45H73N2+. The van der Waals surface area contributed by atoms with Gasteiger partial charge >= 0.3 is 0 Å². The second-order valence-corrected chi connectivity index (χ2v) is 14.7. The molecule has 0 N–H and O–H groups in total. The summed E-state index contributed by atoms with van der Waals surface area (Å²) in [5, 5.41) is 0. The highest BCUT2D eigenvalue weighted by atomic mass is 15.2. The quantitative estimate of drug-likeness (QED) is 0.0527. The first-order valence-corrected chi connectivity index (χ1v) is 20.4. The summed E-state index contributed by atoms with van der Waals surface area (Å²) in [6.45, 7) is 8.26. The summed E-state index contributed by atoms with van der Waals surface area (Å²) in [6.07, 6.45) is 37.6. The van der Waals surface area contributed by atoms with Crippen molar-refractivity contribution >= 4 is 0 Å². The molecule has 0 spiro atoms. The number of imidazole rings is 1. The Morgan fingerprint density at radius 3 is 1.60 bits per heavy atom. The monoisotopic (exact) mass is 642 g/mol. The van der Waals surface area contributed by atoms with Gasteiger partial charge in [-0.3, -0.25) is 0 Å². The molecule has 0 aliphatic heterocycles. The van der Waals surface area contributed by atoms with Crippen LogP contribution in [0.25, 0.3) is 0 Å². The van der Waals surface area contributed by atoms with E-state index in [0.29, 0.717) is 12.0 Å². The first-order chi connectivity index (χ1) is 23.2. The van der Waals surface area contributed by atoms with Crippen LogP contribution in [-0.2, 0) is 19.4 Å². The second-order valence-electron chi connectivity index (χ2n) is 14.7. The number of hydrogen-bond acceptors (Lipinski definition) is 0. The highest BCUT2D eigenvalue weighted by Gasteiger charge is 2.23. The van der Waals surface area contributed by atoms with Gasteiger partial charge in [0.05, 0.1) is 12.6 Å². The normalized spacial score (nSPS) is 12.8. The van der Waals surface area contributed by atoms with E-state index in [0.717, 1.165) is 19.4 Å². The molecule has 262 valence electrons. The highest BCUT2D eigenvalue weighted by molar-refractivity contribution is 5.24. The fraction of sp³-hybridized carbons (Fsp3) is 0.667. The molecule has 0 amide bonds. The summed E-state index contributed by atoms with van der Waals surface area (Å²) in [5.41, 5.74) is 2.93. The van der Waals surface area contributed by atoms with Crippen LogP contribution in [0.2, 0.25) is 0 Å². The minimum Gasteiger partial charge on any atom is -0.234 e. The summed E-state index contributed by atoms with van der Waals surface area (Å²) >= 11 is 0. The fourth-order valence-electron chi connectivity index (χ4n) is 7.50. The minimum absolute atomic E-state index is 0.533. The molecule has 2 atom stereocenters. The van der Waals surface area contributed by atoms with Crippen molar-refractivity contribution in [2.24, 2.45) is 0 Å². The molecule has 0 radical (unpaired) electrons. The zero-order valence-electron chi connectivity index (χ0n) is 31.2. The second kappa shape index (κ2) is 25.6. The summed E-state index contributed by atoms with van der Waals surface area (Å²) < 4.78 is 5.29. The predicted octanol–water partition coefficient (Wildman–Crippen LogP) is 13.5. The molecule has 0 aliphatic carbocycles. The molecule has 0 bridgehead atoms. The lowest BCUT2D eigenvalue weighted by Crippen LogP contribution is -2.38. The number of aromatic nitrogens is 2. The zero-order valence-corrected chi connectivity index (χ0v) is 31.2. The standard InChI is InChI=1S/C45H73N2/c1-4-6-8-10-12-14-15-16-17-18-20-24-30-41(3)47-39-38-46(37-29-21-19-13-11-9-7-5-2)45(47)36-35-44(43-33-27-23-28-34-43)40-42-31-25-22-26-32-42/h22-23,25-28,31-34,38-39,41,44H,4-21,24,29-30,35-37,40H2,1-3H3/q+1. The van der Waals surface area contributed by atoms with Crippen molar-refractivity contribution in [2.75, 3.05) is 0 Å². The summed E-state index contributed by atoms with van der Waals surface area (Å²) in [4.78, 5) is 0. The highest BCUT2D eigenvalue weighted by Crippen LogP contribution is 2.27. The van der Waals surface area contributed by atoms with Crippen LogP contribution in [0, 0.1) is 0 Å². The van der Waals surface area contributed by atoms with Crippen LogP contribution in [0.5, 0.6) is 0 Å². The van der Waals surface area contributed by atoms with Crippen LogP contribution in [0.4, 0.5) is 0 Å². The van der Waals surface area contributed by atoms with Gasteiger partial charge in [-0.15, -0.1) is 0 Å². The molecule has 0 saturated heterocycles. The molecule has 1 heterocycles. The number of unbranched alkanes of at least 4 members (excludes halogenated alkanes) is 18. The van der Waals surface area contributed by atoms with Crippen molar-refractivity contribution in [3.05, 3.63) is 90.0 Å². The number of aryl methyl sites for hydroxylation is 1. The lowest BCUT2D eigenvalue weighted by Gasteiger charge is -2.18. The molecule has 47 heavy (non-hydrogen) atoms. The van der Waals surface area contributed by atoms with Gasteiger partial charge in [0.15, 0.2) is 0 Å². The molecule has 3 rings (SSSR count). The van der Waals surface area contributed by atoms with Crippen molar-refractivity contribution < 1.29 is 4.57 Å². The van der Waals surface area contributed by atoms with Crippen molar-refractivity contribution in [3.63, 3.8) is 0 Å². The van der Waals surface area contributed by atoms with Gasteiger partial charge in [-0.2, -0.15) is 0 Å². The van der Waals surface area contributed by atoms with Crippen LogP contribution in [0.1, 0.15) is 191 Å². The topological polar surface area (TPSA) is 8.81 Å². The van der Waals surface area contributed by atoms with Gasteiger partial charge < -0.3 is 0 Å². The van der Waals surface area contributed by atoms with E-state index in [1.54, 1.807) is 5.82 Å². The van der Waals surface area contributed by atoms with Crippen LogP contribution >= 0.6 is 0 Å². The molecule has 1 aromatic heterocycles. The van der Waals surface area contributed by atoms with Crippen molar-refractivity contribution in [1.29, 1.82) is 0 Å². The van der Waals surface area contributed by atoms with Gasteiger partial charge in [0.1, 0.15) is 12.4 Å². The van der Waals surface area contributed by atoms with E-state index in [9.17, 15) is 0 Å². The Kier molecular flexibility index (Phi) is 21.3. The summed E-state index contributed by atoms with van der Waals surface area (Å²) in [7, 11) is 0. The number of hydrogen-bond donors (Lipinski definition) is 0. The van der Waals surface area contributed by atoms with E-state index >= 15 is 0 Å². The maximum atomic E-state index is 2.66. The average molecular weight is 642 g/mol. The third-order valence-corrected chi connectivity index (χ3v) is 10.6. The predicted molar refractivity (Wildman–Crippen MR) is 205 cm³/mol. The lowest BCUT2D eigenvalue weighted by molar-refractivity contribution is -0.704. The largest absolute Gasteiger partial charge is 0.256 e. The molecule has 0 saturated carbocycles. The van der Waals surface area contributed by atoms with E-state index in [2.05, 4.69) is 103 Å². The van der Waals surface area contributed by atoms with Gasteiger partial charge in [-0.1, -0.05) is 184 Å². The van der Waals surface area contributed by atoms with E-state index < -0.39 is 0 Å². The Bertz CT molecular complexity index is 1120. The van der Waals surface area contributed by atoms with Gasteiger partial charge in [-0.25, -0.2) is 9.13 Å². The Labute approximate surface area is 291 Å². The smallest absolute Gasteiger partial charge is 0.234 e. The molecule has 3 aromatic rings. The summed E-state index contributed by atoms with van der Waals surface area (Å²) in [6, 6.07) is 23.0. The Morgan fingerprint density at radius 2 is 1.04 bits per heavy atom. The third-order valence-electron chi connectivity index (χ3n) is 10.6. The summed E-state index contributed by atoms with van der Waals surface area (Å²) in [5.74, 6) is 2.08. The van der Waals surface area contributed by atoms with Gasteiger partial charge in [0, 0.05) is 6.42 Å². The minimum atomic E-state index is 0.533. The fourth-order valence-corrected chi connectivity index (χ4v) is 7.50. The van der Waals surface area contributed by atoms with E-state index in [4.69, 9.17) is 0 Å². The first kappa shape index (κ1) is 39.1. The molecule has 0 aliphatic rings. The van der Waals surface area contributed by atoms with Crippen molar-refractivity contribution in [3.8, 4) is 0 Å². The van der Waals surface area contributed by atoms with Crippen molar-refractivity contribution in [1.82, 2.24) is 4.57 Å². The molecular weight excluding hydrogens is 569 g/mol. The molecule has 2 heteroatoms. The van der Waals surface area contributed by atoms with Crippen LogP contribution in [0.3, 0.4) is 0 Å².